The molecule has 6 N–H and O–H groups in total. The molecule has 304 valence electrons. The summed E-state index contributed by atoms with van der Waals surface area (Å²) in [6, 6.07) is -3.74. The monoisotopic (exact) mass is 739 g/mol. The van der Waals surface area contributed by atoms with Gasteiger partial charge in [0.15, 0.2) is 0 Å². The molecule has 0 spiro atoms. The van der Waals surface area contributed by atoms with Gasteiger partial charge in [0.25, 0.3) is 5.91 Å². The lowest BCUT2D eigenvalue weighted by atomic mass is 9.85. The van der Waals surface area contributed by atoms with E-state index < -0.39 is 47.2 Å². The molecule has 52 heavy (non-hydrogen) atoms. The highest BCUT2D eigenvalue weighted by Crippen LogP contribution is 2.35. The van der Waals surface area contributed by atoms with Gasteiger partial charge < -0.3 is 36.7 Å². The van der Waals surface area contributed by atoms with Crippen LogP contribution in [0.1, 0.15) is 141 Å². The first-order chi connectivity index (χ1) is 24.5. The summed E-state index contributed by atoms with van der Waals surface area (Å²) in [7, 11) is 0. The Morgan fingerprint density at radius 3 is 1.83 bits per heavy atom. The van der Waals surface area contributed by atoms with Crippen molar-refractivity contribution >= 4 is 36.3 Å². The Hall–Kier alpha value is -3.28. The summed E-state index contributed by atoms with van der Waals surface area (Å²) in [5.41, 5.74) is 5.33. The molecule has 2 aliphatic rings. The number of hydrogen-bond acceptors (Lipinski definition) is 7. The molecular weight excluding hydrogens is 660 g/mol. The summed E-state index contributed by atoms with van der Waals surface area (Å²) in [5.74, 6) is -1.75. The first kappa shape index (κ1) is 53.1. The summed E-state index contributed by atoms with van der Waals surface area (Å²) in [6.07, 6.45) is 8.88. The number of unbranched alkanes of at least 4 members (excludes halogenated alkanes) is 2. The third kappa shape index (κ3) is 20.1. The van der Waals surface area contributed by atoms with Crippen molar-refractivity contribution in [2.24, 2.45) is 28.9 Å². The molecule has 0 aromatic rings. The number of nitrogens with zero attached hydrogens (tertiary/aromatic N) is 1. The molecule has 1 saturated carbocycles. The van der Waals surface area contributed by atoms with E-state index in [9.17, 15) is 24.0 Å². The maximum Gasteiger partial charge on any atom is 0.315 e. The van der Waals surface area contributed by atoms with Crippen LogP contribution in [0.2, 0.25) is 0 Å². The molecule has 5 unspecified atom stereocenters. The number of likely N-dealkylation sites (tertiary alicyclic amines) is 1. The van der Waals surface area contributed by atoms with Crippen LogP contribution in [0.15, 0.2) is 12.7 Å². The minimum atomic E-state index is -0.971. The zero-order valence-corrected chi connectivity index (χ0v) is 35.2. The standard InChI is InChI=1S/C30H52N6O5.C5H12.2C2H6.CH2O/c1-9-13-32-27(39)24(37)22(14-19-11-12-19)33-26(38)23-15-20(17(3)4)16-36(23)28(40)25(30(6,7)8)35-29(41)34-21(10-2)18(5)31;1-3-5-4-2;3*1-2/h9,17-23,25H,1,10-16,31H2,2-8H3,(H,32,39)(H,33,38)(H2,34,35,41);3-5H2,1-2H3;2*1-2H3;1H2/t18?,20-,21?,22?,23?,25?;;;;/m1..../s1. The molecule has 2 rings (SSSR count). The molecule has 1 aliphatic heterocycles. The van der Waals surface area contributed by atoms with Gasteiger partial charge in [0, 0.05) is 25.2 Å². The van der Waals surface area contributed by atoms with Crippen LogP contribution in [0.5, 0.6) is 0 Å². The molecule has 5 amide bonds. The molecule has 0 aromatic carbocycles. The fourth-order valence-electron chi connectivity index (χ4n) is 5.55. The summed E-state index contributed by atoms with van der Waals surface area (Å²) in [6.45, 7) is 31.9. The van der Waals surface area contributed by atoms with E-state index >= 15 is 0 Å². The molecule has 1 saturated heterocycles. The highest BCUT2D eigenvalue weighted by Gasteiger charge is 2.46. The summed E-state index contributed by atoms with van der Waals surface area (Å²) >= 11 is 0. The largest absolute Gasteiger partial charge is 0.346 e. The molecule has 12 heteroatoms. The number of rotatable bonds is 16. The molecule has 6 atom stereocenters. The maximum atomic E-state index is 14.1. The quantitative estimate of drug-likeness (QED) is 0.0963. The number of ketones is 1. The van der Waals surface area contributed by atoms with E-state index in [0.29, 0.717) is 25.8 Å². The molecule has 12 nitrogen and oxygen atoms in total. The van der Waals surface area contributed by atoms with Gasteiger partial charge in [0.05, 0.1) is 6.04 Å². The highest BCUT2D eigenvalue weighted by atomic mass is 16.2. The van der Waals surface area contributed by atoms with Crippen molar-refractivity contribution in [1.82, 2.24) is 26.2 Å². The zero-order valence-electron chi connectivity index (χ0n) is 35.2. The second-order valence-electron chi connectivity index (χ2n) is 14.5. The van der Waals surface area contributed by atoms with Crippen LogP contribution in [0, 0.1) is 23.2 Å². The lowest BCUT2D eigenvalue weighted by Crippen LogP contribution is -2.61. The molecular formula is C40H78N6O6. The van der Waals surface area contributed by atoms with Gasteiger partial charge in [0.2, 0.25) is 17.6 Å². The van der Waals surface area contributed by atoms with E-state index in [-0.39, 0.29) is 42.3 Å². The summed E-state index contributed by atoms with van der Waals surface area (Å²) < 4.78 is 0. The summed E-state index contributed by atoms with van der Waals surface area (Å²) in [4.78, 5) is 75.7. The second kappa shape index (κ2) is 29.2. The average molecular weight is 739 g/mol. The Balaban J connectivity index is -0.00000194. The minimum absolute atomic E-state index is 0.0557. The third-order valence-corrected chi connectivity index (χ3v) is 8.88. The first-order valence-electron chi connectivity index (χ1n) is 19.7. The Bertz CT molecular complexity index is 1040. The van der Waals surface area contributed by atoms with Crippen molar-refractivity contribution in [1.29, 1.82) is 0 Å². The average Bonchev–Trinajstić information content (AvgIpc) is 3.82. The van der Waals surface area contributed by atoms with Crippen LogP contribution in [-0.4, -0.2) is 84.5 Å². The lowest BCUT2D eigenvalue weighted by molar-refractivity contribution is -0.143. The van der Waals surface area contributed by atoms with E-state index in [1.54, 1.807) is 0 Å². The van der Waals surface area contributed by atoms with Gasteiger partial charge >= 0.3 is 6.03 Å². The highest BCUT2D eigenvalue weighted by molar-refractivity contribution is 6.38. The number of urea groups is 1. The number of hydrogen-bond donors (Lipinski definition) is 5. The Morgan fingerprint density at radius 2 is 1.44 bits per heavy atom. The number of Topliss-reactive ketones (excluding diaryl/α,β-unsaturated/α-hetero) is 1. The Morgan fingerprint density at radius 1 is 0.904 bits per heavy atom. The van der Waals surface area contributed by atoms with Crippen molar-refractivity contribution < 1.29 is 28.8 Å². The van der Waals surface area contributed by atoms with Crippen molar-refractivity contribution in [2.75, 3.05) is 13.1 Å². The lowest BCUT2D eigenvalue weighted by Gasteiger charge is -2.36. The van der Waals surface area contributed by atoms with Crippen molar-refractivity contribution in [3.05, 3.63) is 12.7 Å². The van der Waals surface area contributed by atoms with Crippen LogP contribution in [0.25, 0.3) is 0 Å². The molecule has 0 aromatic heterocycles. The van der Waals surface area contributed by atoms with E-state index in [4.69, 9.17) is 10.5 Å². The fraction of sp³-hybridized carbons (Fsp3) is 0.800. The fourth-order valence-corrected chi connectivity index (χ4v) is 5.55. The van der Waals surface area contributed by atoms with Crippen LogP contribution in [0.4, 0.5) is 4.79 Å². The number of nitrogens with two attached hydrogens (primary N) is 1. The topological polar surface area (TPSA) is 180 Å². The molecule has 2 fully saturated rings. The predicted octanol–water partition coefficient (Wildman–Crippen LogP) is 5.92. The first-order valence-corrected chi connectivity index (χ1v) is 19.7. The smallest absolute Gasteiger partial charge is 0.315 e. The Labute approximate surface area is 317 Å². The minimum Gasteiger partial charge on any atom is -0.346 e. The maximum absolute atomic E-state index is 14.1. The van der Waals surface area contributed by atoms with E-state index in [1.807, 2.05) is 83.0 Å². The van der Waals surface area contributed by atoms with Gasteiger partial charge in [-0.3, -0.25) is 19.2 Å². The van der Waals surface area contributed by atoms with Crippen LogP contribution < -0.4 is 27.0 Å². The Kier molecular flexibility index (Phi) is 29.8. The number of nitrogens with one attached hydrogen (secondary N) is 4. The molecule has 1 aliphatic carbocycles. The van der Waals surface area contributed by atoms with Gasteiger partial charge in [-0.1, -0.05) is 121 Å². The van der Waals surface area contributed by atoms with E-state index in [2.05, 4.69) is 41.7 Å². The van der Waals surface area contributed by atoms with E-state index in [0.717, 1.165) is 12.8 Å². The SMILES string of the molecule is C=CCNC(=O)C(=O)C(CC1CC1)NC(=O)C1C[C@@H](C(C)C)CN1C(=O)C(NC(=O)NC(CC)C(C)N)C(C)(C)C.C=O.CC.CC.CCCCC. The van der Waals surface area contributed by atoms with Crippen LogP contribution in [-0.2, 0) is 24.0 Å². The molecule has 1 heterocycles. The van der Waals surface area contributed by atoms with Gasteiger partial charge in [-0.25, -0.2) is 4.79 Å². The number of carbonyl (C=O) groups excluding carboxylic acids is 6. The van der Waals surface area contributed by atoms with Crippen LogP contribution in [0.3, 0.4) is 0 Å². The predicted molar refractivity (Wildman–Crippen MR) is 214 cm³/mol. The second-order valence-corrected chi connectivity index (χ2v) is 14.5. The van der Waals surface area contributed by atoms with Gasteiger partial charge in [-0.15, -0.1) is 6.58 Å². The normalized spacial score (nSPS) is 18.3. The third-order valence-electron chi connectivity index (χ3n) is 8.88. The zero-order chi connectivity index (χ0) is 41.2. The van der Waals surface area contributed by atoms with Crippen molar-refractivity contribution in [3.8, 4) is 0 Å². The van der Waals surface area contributed by atoms with Gasteiger partial charge in [-0.05, 0) is 49.4 Å². The van der Waals surface area contributed by atoms with Crippen LogP contribution >= 0.6 is 0 Å². The molecule has 0 radical (unpaired) electrons. The molecule has 0 bridgehead atoms. The van der Waals surface area contributed by atoms with Crippen molar-refractivity contribution in [3.63, 3.8) is 0 Å². The summed E-state index contributed by atoms with van der Waals surface area (Å²) in [5, 5.41) is 11.0. The van der Waals surface area contributed by atoms with Crippen molar-refractivity contribution in [2.45, 2.75) is 172 Å². The number of carbonyl (C=O) groups is 6. The van der Waals surface area contributed by atoms with Gasteiger partial charge in [0.1, 0.15) is 18.9 Å². The van der Waals surface area contributed by atoms with Gasteiger partial charge in [-0.2, -0.15) is 0 Å². The van der Waals surface area contributed by atoms with E-state index in [1.165, 1.54) is 30.2 Å². The number of amides is 5.